The lowest BCUT2D eigenvalue weighted by Crippen LogP contribution is -2.47. The Hall–Kier alpha value is -2.44. The number of benzene rings is 1. The molecule has 6 heteroatoms. The summed E-state index contributed by atoms with van der Waals surface area (Å²) in [5.74, 6) is -0.463. The van der Waals surface area contributed by atoms with Gasteiger partial charge in [-0.1, -0.05) is 30.3 Å². The lowest BCUT2D eigenvalue weighted by Gasteiger charge is -2.37. The van der Waals surface area contributed by atoms with Crippen LogP contribution in [-0.2, 0) is 9.47 Å². The van der Waals surface area contributed by atoms with Crippen LogP contribution in [0.15, 0.2) is 48.8 Å². The summed E-state index contributed by atoms with van der Waals surface area (Å²) in [4.78, 5) is 19.0. The van der Waals surface area contributed by atoms with Crippen molar-refractivity contribution in [2.24, 2.45) is 0 Å². The predicted octanol–water partition coefficient (Wildman–Crippen LogP) is 3.23. The molecular weight excluding hydrogens is 342 g/mol. The van der Waals surface area contributed by atoms with E-state index < -0.39 is 5.79 Å². The zero-order valence-electron chi connectivity index (χ0n) is 15.6. The molecule has 2 aromatic rings. The Balaban J connectivity index is 1.40. The van der Waals surface area contributed by atoms with Crippen molar-refractivity contribution in [3.8, 4) is 0 Å². The van der Waals surface area contributed by atoms with Crippen LogP contribution in [0.2, 0.25) is 0 Å². The Kier molecular flexibility index (Phi) is 5.09. The third kappa shape index (κ3) is 3.96. The van der Waals surface area contributed by atoms with Gasteiger partial charge in [0, 0.05) is 44.4 Å². The minimum absolute atomic E-state index is 0.00589. The Morgan fingerprint density at radius 1 is 1.15 bits per heavy atom. The van der Waals surface area contributed by atoms with Crippen LogP contribution in [-0.4, -0.2) is 47.9 Å². The number of ether oxygens (including phenoxy) is 2. The highest BCUT2D eigenvalue weighted by Crippen LogP contribution is 2.31. The quantitative estimate of drug-likeness (QED) is 0.899. The molecule has 0 bridgehead atoms. The summed E-state index contributed by atoms with van der Waals surface area (Å²) < 4.78 is 11.5. The fourth-order valence-corrected chi connectivity index (χ4v) is 3.73. The van der Waals surface area contributed by atoms with Gasteiger partial charge in [0.2, 0.25) is 0 Å². The fourth-order valence-electron chi connectivity index (χ4n) is 3.73. The average Bonchev–Trinajstić information content (AvgIpc) is 3.17. The Morgan fingerprint density at radius 3 is 2.56 bits per heavy atom. The van der Waals surface area contributed by atoms with Crippen molar-refractivity contribution < 1.29 is 14.3 Å². The molecule has 2 saturated heterocycles. The molecule has 0 radical (unpaired) electrons. The van der Waals surface area contributed by atoms with Crippen molar-refractivity contribution >= 4 is 11.6 Å². The van der Waals surface area contributed by atoms with E-state index in [1.165, 1.54) is 5.56 Å². The number of nitrogens with one attached hydrogen (secondary N) is 1. The molecule has 0 aliphatic carbocycles. The van der Waals surface area contributed by atoms with Gasteiger partial charge in [-0.15, -0.1) is 0 Å². The SMILES string of the molecule is CC(Nc1cncc(C(=O)N2CCC3(CC2)OCCO3)c1)c1ccccc1. The van der Waals surface area contributed by atoms with Gasteiger partial charge in [0.15, 0.2) is 5.79 Å². The van der Waals surface area contributed by atoms with Crippen molar-refractivity contribution in [3.63, 3.8) is 0 Å². The molecule has 2 aliphatic rings. The van der Waals surface area contributed by atoms with E-state index in [0.717, 1.165) is 18.5 Å². The van der Waals surface area contributed by atoms with Gasteiger partial charge in [0.25, 0.3) is 5.91 Å². The Labute approximate surface area is 159 Å². The highest BCUT2D eigenvalue weighted by molar-refractivity contribution is 5.94. The molecule has 1 aromatic carbocycles. The summed E-state index contributed by atoms with van der Waals surface area (Å²) in [5, 5.41) is 3.42. The van der Waals surface area contributed by atoms with Gasteiger partial charge in [-0.05, 0) is 18.6 Å². The third-order valence-corrected chi connectivity index (χ3v) is 5.29. The van der Waals surface area contributed by atoms with Crippen LogP contribution in [0.3, 0.4) is 0 Å². The van der Waals surface area contributed by atoms with Crippen molar-refractivity contribution in [1.82, 2.24) is 9.88 Å². The van der Waals surface area contributed by atoms with Gasteiger partial charge in [0.1, 0.15) is 0 Å². The first-order valence-electron chi connectivity index (χ1n) is 9.49. The number of piperidine rings is 1. The van der Waals surface area contributed by atoms with Gasteiger partial charge in [-0.25, -0.2) is 0 Å². The minimum atomic E-state index is -0.469. The predicted molar refractivity (Wildman–Crippen MR) is 102 cm³/mol. The van der Waals surface area contributed by atoms with Gasteiger partial charge in [0.05, 0.1) is 24.5 Å². The van der Waals surface area contributed by atoms with Crippen molar-refractivity contribution in [2.75, 3.05) is 31.6 Å². The maximum Gasteiger partial charge on any atom is 0.255 e. The van der Waals surface area contributed by atoms with Crippen LogP contribution in [0.4, 0.5) is 5.69 Å². The second kappa shape index (κ2) is 7.66. The maximum absolute atomic E-state index is 12.9. The second-order valence-electron chi connectivity index (χ2n) is 7.14. The van der Waals surface area contributed by atoms with E-state index in [9.17, 15) is 4.79 Å². The summed E-state index contributed by atoms with van der Waals surface area (Å²) in [6, 6.07) is 12.2. The topological polar surface area (TPSA) is 63.7 Å². The molecule has 6 nitrogen and oxygen atoms in total. The van der Waals surface area contributed by atoms with Crippen LogP contribution in [0.1, 0.15) is 41.7 Å². The maximum atomic E-state index is 12.9. The van der Waals surface area contributed by atoms with Gasteiger partial charge in [-0.3, -0.25) is 9.78 Å². The molecule has 142 valence electrons. The van der Waals surface area contributed by atoms with Gasteiger partial charge < -0.3 is 19.7 Å². The number of hydrogen-bond donors (Lipinski definition) is 1. The Morgan fingerprint density at radius 2 is 1.85 bits per heavy atom. The molecule has 0 saturated carbocycles. The van der Waals surface area contributed by atoms with Crippen molar-refractivity contribution in [3.05, 3.63) is 59.9 Å². The molecular formula is C21H25N3O3. The number of likely N-dealkylation sites (tertiary alicyclic amines) is 1. The summed E-state index contributed by atoms with van der Waals surface area (Å²) >= 11 is 0. The van der Waals surface area contributed by atoms with Crippen molar-refractivity contribution in [2.45, 2.75) is 31.6 Å². The molecule has 4 rings (SSSR count). The first kappa shape index (κ1) is 17.9. The van der Waals surface area contributed by atoms with Crippen molar-refractivity contribution in [1.29, 1.82) is 0 Å². The lowest BCUT2D eigenvalue weighted by molar-refractivity contribution is -0.181. The van der Waals surface area contributed by atoms with Crippen LogP contribution in [0.5, 0.6) is 0 Å². The molecule has 1 atom stereocenters. The number of nitrogens with zero attached hydrogens (tertiary/aromatic N) is 2. The standard InChI is InChI=1S/C21H25N3O3/c1-16(17-5-3-2-4-6-17)23-19-13-18(14-22-15-19)20(25)24-9-7-21(8-10-24)26-11-12-27-21/h2-6,13-16,23H,7-12H2,1H3. The molecule has 3 heterocycles. The molecule has 1 amide bonds. The van der Waals surface area contributed by atoms with Crippen LogP contribution < -0.4 is 5.32 Å². The highest BCUT2D eigenvalue weighted by Gasteiger charge is 2.40. The van der Waals surface area contributed by atoms with E-state index in [1.807, 2.05) is 29.2 Å². The number of amides is 1. The first-order chi connectivity index (χ1) is 13.2. The molecule has 2 aliphatic heterocycles. The van der Waals surface area contributed by atoms with Crippen LogP contribution in [0.25, 0.3) is 0 Å². The summed E-state index contributed by atoms with van der Waals surface area (Å²) in [7, 11) is 0. The molecule has 27 heavy (non-hydrogen) atoms. The normalized spacial score (nSPS) is 19.8. The van der Waals surface area contributed by atoms with E-state index in [4.69, 9.17) is 9.47 Å². The molecule has 2 fully saturated rings. The van der Waals surface area contributed by atoms with Crippen LogP contribution >= 0.6 is 0 Å². The van der Waals surface area contributed by atoms with Gasteiger partial charge in [-0.2, -0.15) is 0 Å². The number of aromatic nitrogens is 1. The zero-order chi connectivity index (χ0) is 18.7. The number of carbonyl (C=O) groups excluding carboxylic acids is 1. The van der Waals surface area contributed by atoms with Crippen LogP contribution in [0, 0.1) is 0 Å². The smallest absolute Gasteiger partial charge is 0.255 e. The fraction of sp³-hybridized carbons (Fsp3) is 0.429. The molecule has 1 unspecified atom stereocenters. The highest BCUT2D eigenvalue weighted by atomic mass is 16.7. The van der Waals surface area contributed by atoms with Gasteiger partial charge >= 0.3 is 0 Å². The average molecular weight is 367 g/mol. The minimum Gasteiger partial charge on any atom is -0.377 e. The Bertz CT molecular complexity index is 780. The van der Waals surface area contributed by atoms with E-state index in [1.54, 1.807) is 12.4 Å². The number of pyridine rings is 1. The number of hydrogen-bond acceptors (Lipinski definition) is 5. The molecule has 1 N–H and O–H groups in total. The largest absolute Gasteiger partial charge is 0.377 e. The van der Waals surface area contributed by atoms with E-state index >= 15 is 0 Å². The molecule has 1 aromatic heterocycles. The monoisotopic (exact) mass is 367 g/mol. The number of rotatable bonds is 4. The zero-order valence-corrected chi connectivity index (χ0v) is 15.6. The number of carbonyl (C=O) groups is 1. The number of anilines is 1. The van der Waals surface area contributed by atoms with E-state index in [0.29, 0.717) is 31.9 Å². The summed E-state index contributed by atoms with van der Waals surface area (Å²) in [6.45, 7) is 4.65. The van der Waals surface area contributed by atoms with E-state index in [-0.39, 0.29) is 11.9 Å². The first-order valence-corrected chi connectivity index (χ1v) is 9.49. The second-order valence-corrected chi connectivity index (χ2v) is 7.14. The molecule has 1 spiro atoms. The summed E-state index contributed by atoms with van der Waals surface area (Å²) in [6.07, 6.45) is 4.82. The third-order valence-electron chi connectivity index (χ3n) is 5.29. The summed E-state index contributed by atoms with van der Waals surface area (Å²) in [5.41, 5.74) is 2.63. The van der Waals surface area contributed by atoms with E-state index in [2.05, 4.69) is 29.4 Å². The lowest BCUT2D eigenvalue weighted by atomic mass is 10.0.